The van der Waals surface area contributed by atoms with Crippen molar-refractivity contribution < 1.29 is 14.6 Å². The van der Waals surface area contributed by atoms with Crippen molar-refractivity contribution in [2.24, 2.45) is 0 Å². The topological polar surface area (TPSA) is 61.8 Å². The number of nitrogens with one attached hydrogen (secondary N) is 1. The molecule has 24 heavy (non-hydrogen) atoms. The fourth-order valence-electron chi connectivity index (χ4n) is 3.63. The van der Waals surface area contributed by atoms with E-state index >= 15 is 0 Å². The van der Waals surface area contributed by atoms with Crippen molar-refractivity contribution in [2.75, 3.05) is 7.11 Å². The molecule has 1 heterocycles. The highest BCUT2D eigenvalue weighted by Crippen LogP contribution is 2.26. The molecule has 0 radical (unpaired) electrons. The van der Waals surface area contributed by atoms with Gasteiger partial charge in [0.2, 0.25) is 5.91 Å². The van der Waals surface area contributed by atoms with Gasteiger partial charge in [0.05, 0.1) is 25.3 Å². The van der Waals surface area contributed by atoms with Gasteiger partial charge >= 0.3 is 0 Å². The first kappa shape index (κ1) is 18.7. The Morgan fingerprint density at radius 2 is 1.75 bits per heavy atom. The van der Waals surface area contributed by atoms with E-state index in [1.165, 1.54) is 0 Å². The average molecular weight is 334 g/mol. The van der Waals surface area contributed by atoms with Crippen LogP contribution in [0.2, 0.25) is 0 Å². The van der Waals surface area contributed by atoms with Gasteiger partial charge in [-0.3, -0.25) is 9.69 Å². The van der Waals surface area contributed by atoms with Gasteiger partial charge < -0.3 is 15.2 Å². The van der Waals surface area contributed by atoms with Gasteiger partial charge in [-0.15, -0.1) is 0 Å². The normalized spacial score (nSPS) is 25.1. The molecule has 5 atom stereocenters. The number of likely N-dealkylation sites (tertiary alicyclic amines) is 1. The molecule has 0 saturated carbocycles. The van der Waals surface area contributed by atoms with Crippen molar-refractivity contribution >= 4 is 5.91 Å². The van der Waals surface area contributed by atoms with E-state index in [2.05, 4.69) is 24.1 Å². The Hall–Kier alpha value is -1.59. The minimum atomic E-state index is -0.750. The predicted octanol–water partition coefficient (Wildman–Crippen LogP) is 2.49. The van der Waals surface area contributed by atoms with E-state index in [0.29, 0.717) is 12.1 Å². The lowest BCUT2D eigenvalue weighted by Crippen LogP contribution is -2.51. The summed E-state index contributed by atoms with van der Waals surface area (Å²) in [5.41, 5.74) is 0.763. The third kappa shape index (κ3) is 4.08. The molecule has 1 aliphatic rings. The van der Waals surface area contributed by atoms with Crippen LogP contribution in [0, 0.1) is 0 Å². The smallest absolute Gasteiger partial charge is 0.237 e. The first-order valence-corrected chi connectivity index (χ1v) is 8.75. The summed E-state index contributed by atoms with van der Waals surface area (Å²) in [5.74, 6) is 0.712. The first-order chi connectivity index (χ1) is 11.3. The van der Waals surface area contributed by atoms with Crippen LogP contribution < -0.4 is 10.1 Å². The molecule has 0 bridgehead atoms. The molecule has 1 fully saturated rings. The molecular formula is C19H30N2O3. The SMILES string of the molecule is COc1ccc(C(O)C(C)NC(=O)C(C)N2C(C)CCC2C)cc1. The molecule has 0 spiro atoms. The monoisotopic (exact) mass is 334 g/mol. The standard InChI is InChI=1S/C19H30N2O3/c1-12-6-7-13(2)21(12)15(4)19(23)20-14(3)18(22)16-8-10-17(24-5)11-9-16/h8-15,18,22H,6-7H2,1-5H3,(H,20,23). The molecule has 5 heteroatoms. The molecule has 1 saturated heterocycles. The zero-order chi connectivity index (χ0) is 17.9. The number of rotatable bonds is 6. The van der Waals surface area contributed by atoms with Gasteiger partial charge in [-0.05, 0) is 58.2 Å². The Morgan fingerprint density at radius 1 is 1.21 bits per heavy atom. The van der Waals surface area contributed by atoms with E-state index in [1.807, 2.05) is 38.1 Å². The van der Waals surface area contributed by atoms with Crippen LogP contribution in [0.15, 0.2) is 24.3 Å². The molecule has 2 rings (SSSR count). The number of nitrogens with zero attached hydrogens (tertiary/aromatic N) is 1. The van der Waals surface area contributed by atoms with Crippen molar-refractivity contribution in [3.63, 3.8) is 0 Å². The van der Waals surface area contributed by atoms with Crippen LogP contribution in [0.1, 0.15) is 52.2 Å². The lowest BCUT2D eigenvalue weighted by molar-refractivity contribution is -0.128. The maximum Gasteiger partial charge on any atom is 0.237 e. The Labute approximate surface area is 145 Å². The van der Waals surface area contributed by atoms with E-state index in [4.69, 9.17) is 4.74 Å². The summed E-state index contributed by atoms with van der Waals surface area (Å²) >= 11 is 0. The number of aliphatic hydroxyl groups excluding tert-OH is 1. The molecule has 0 aromatic heterocycles. The Balaban J connectivity index is 1.96. The number of ether oxygens (including phenoxy) is 1. The molecule has 134 valence electrons. The lowest BCUT2D eigenvalue weighted by Gasteiger charge is -2.33. The molecule has 5 nitrogen and oxygen atoms in total. The van der Waals surface area contributed by atoms with Gasteiger partial charge in [0, 0.05) is 12.1 Å². The number of aliphatic hydroxyl groups is 1. The molecule has 1 aliphatic heterocycles. The molecule has 0 aliphatic carbocycles. The van der Waals surface area contributed by atoms with Crippen LogP contribution in [-0.2, 0) is 4.79 Å². The molecule has 1 amide bonds. The summed E-state index contributed by atoms with van der Waals surface area (Å²) in [7, 11) is 1.61. The maximum absolute atomic E-state index is 12.6. The summed E-state index contributed by atoms with van der Waals surface area (Å²) in [6.07, 6.45) is 1.51. The zero-order valence-electron chi connectivity index (χ0n) is 15.3. The van der Waals surface area contributed by atoms with Crippen molar-refractivity contribution in [1.29, 1.82) is 0 Å². The third-order valence-corrected chi connectivity index (χ3v) is 5.15. The predicted molar refractivity (Wildman–Crippen MR) is 95.0 cm³/mol. The summed E-state index contributed by atoms with van der Waals surface area (Å²) in [6, 6.07) is 7.54. The van der Waals surface area contributed by atoms with Gasteiger partial charge in [-0.2, -0.15) is 0 Å². The zero-order valence-corrected chi connectivity index (χ0v) is 15.3. The summed E-state index contributed by atoms with van der Waals surface area (Å²) in [4.78, 5) is 14.8. The second kappa shape index (κ2) is 7.99. The van der Waals surface area contributed by atoms with Gasteiger partial charge in [0.1, 0.15) is 5.75 Å². The van der Waals surface area contributed by atoms with Crippen LogP contribution in [-0.4, -0.2) is 47.2 Å². The van der Waals surface area contributed by atoms with Crippen molar-refractivity contribution in [2.45, 2.75) is 70.8 Å². The van der Waals surface area contributed by atoms with Crippen molar-refractivity contribution in [3.8, 4) is 5.75 Å². The average Bonchev–Trinajstić information content (AvgIpc) is 2.92. The van der Waals surface area contributed by atoms with Crippen LogP contribution in [0.4, 0.5) is 0 Å². The quantitative estimate of drug-likeness (QED) is 0.839. The van der Waals surface area contributed by atoms with Crippen LogP contribution in [0.3, 0.4) is 0 Å². The van der Waals surface area contributed by atoms with E-state index in [-0.39, 0.29) is 18.0 Å². The molecule has 5 unspecified atom stereocenters. The summed E-state index contributed by atoms with van der Waals surface area (Å²) in [6.45, 7) is 8.11. The fourth-order valence-corrected chi connectivity index (χ4v) is 3.63. The summed E-state index contributed by atoms with van der Waals surface area (Å²) < 4.78 is 5.13. The lowest BCUT2D eigenvalue weighted by atomic mass is 10.0. The molecule has 1 aromatic carbocycles. The highest BCUT2D eigenvalue weighted by molar-refractivity contribution is 5.81. The Morgan fingerprint density at radius 3 is 2.25 bits per heavy atom. The van der Waals surface area contributed by atoms with E-state index < -0.39 is 6.10 Å². The highest BCUT2D eigenvalue weighted by atomic mass is 16.5. The maximum atomic E-state index is 12.6. The van der Waals surface area contributed by atoms with Gasteiger partial charge in [-0.1, -0.05) is 12.1 Å². The minimum Gasteiger partial charge on any atom is -0.497 e. The highest BCUT2D eigenvalue weighted by Gasteiger charge is 2.35. The van der Waals surface area contributed by atoms with E-state index in [1.54, 1.807) is 7.11 Å². The van der Waals surface area contributed by atoms with Crippen LogP contribution >= 0.6 is 0 Å². The number of carbonyl (C=O) groups excluding carboxylic acids is 1. The second-order valence-electron chi connectivity index (χ2n) is 6.91. The van der Waals surface area contributed by atoms with E-state index in [9.17, 15) is 9.90 Å². The second-order valence-corrected chi connectivity index (χ2v) is 6.91. The molecule has 1 aromatic rings. The van der Waals surface area contributed by atoms with Gasteiger partial charge in [-0.25, -0.2) is 0 Å². The molecular weight excluding hydrogens is 304 g/mol. The number of carbonyl (C=O) groups is 1. The first-order valence-electron chi connectivity index (χ1n) is 8.75. The molecule has 2 N–H and O–H groups in total. The summed E-state index contributed by atoms with van der Waals surface area (Å²) in [5, 5.41) is 13.4. The minimum absolute atomic E-state index is 0.0318. The number of hydrogen-bond acceptors (Lipinski definition) is 4. The number of amides is 1. The largest absolute Gasteiger partial charge is 0.497 e. The van der Waals surface area contributed by atoms with Crippen molar-refractivity contribution in [1.82, 2.24) is 10.2 Å². The number of benzene rings is 1. The van der Waals surface area contributed by atoms with Gasteiger partial charge in [0.15, 0.2) is 0 Å². The Bertz CT molecular complexity index is 536. The van der Waals surface area contributed by atoms with Crippen molar-refractivity contribution in [3.05, 3.63) is 29.8 Å². The van der Waals surface area contributed by atoms with Crippen LogP contribution in [0.25, 0.3) is 0 Å². The van der Waals surface area contributed by atoms with Gasteiger partial charge in [0.25, 0.3) is 0 Å². The van der Waals surface area contributed by atoms with Crippen LogP contribution in [0.5, 0.6) is 5.75 Å². The fraction of sp³-hybridized carbons (Fsp3) is 0.632. The third-order valence-electron chi connectivity index (χ3n) is 5.15. The number of hydrogen-bond donors (Lipinski definition) is 2. The number of methoxy groups -OCH3 is 1. The van der Waals surface area contributed by atoms with E-state index in [0.717, 1.165) is 24.2 Å². The Kier molecular flexibility index (Phi) is 6.24.